The highest BCUT2D eigenvalue weighted by Crippen LogP contribution is 2.09. The van der Waals surface area contributed by atoms with Gasteiger partial charge in [-0.25, -0.2) is 0 Å². The number of hydrogen-bond donors (Lipinski definition) is 1. The van der Waals surface area contributed by atoms with Crippen molar-refractivity contribution in [1.29, 1.82) is 0 Å². The Balaban J connectivity index is 3.93. The van der Waals surface area contributed by atoms with Crippen LogP contribution in [0.25, 0.3) is 0 Å². The third-order valence-corrected chi connectivity index (χ3v) is 1.69. The molecule has 0 saturated carbocycles. The summed E-state index contributed by atoms with van der Waals surface area (Å²) in [4.78, 5) is 22.3. The van der Waals surface area contributed by atoms with E-state index < -0.39 is 23.6 Å². The molecule has 1 atom stereocenters. The summed E-state index contributed by atoms with van der Waals surface area (Å²) >= 11 is 5.20. The maximum absolute atomic E-state index is 11.4. The lowest BCUT2D eigenvalue weighted by atomic mass is 10.1. The molecule has 5 nitrogen and oxygen atoms in total. The second-order valence-corrected chi connectivity index (χ2v) is 4.52. The monoisotopic (exact) mass is 251 g/mol. The number of carbonyl (C=O) groups excluding carboxylic acids is 2. The maximum atomic E-state index is 11.4. The Kier molecular flexibility index (Phi) is 6.36. The quantitative estimate of drug-likeness (QED) is 0.586. The van der Waals surface area contributed by atoms with E-state index in [-0.39, 0.29) is 18.9 Å². The predicted molar refractivity (Wildman–Crippen MR) is 59.9 cm³/mol. The number of ether oxygens (including phenoxy) is 2. The number of halogens is 1. The molecular weight excluding hydrogens is 234 g/mol. The molecule has 6 heteroatoms. The van der Waals surface area contributed by atoms with Crippen molar-refractivity contribution in [3.63, 3.8) is 0 Å². The maximum Gasteiger partial charge on any atom is 0.323 e. The number of esters is 2. The number of hydrogen-bond acceptors (Lipinski definition) is 5. The summed E-state index contributed by atoms with van der Waals surface area (Å²) in [6, 6.07) is -1.01. The topological polar surface area (TPSA) is 78.6 Å². The highest BCUT2D eigenvalue weighted by atomic mass is 35.5. The fourth-order valence-electron chi connectivity index (χ4n) is 0.902. The average molecular weight is 252 g/mol. The first-order valence-electron chi connectivity index (χ1n) is 4.96. The van der Waals surface area contributed by atoms with Gasteiger partial charge in [-0.15, -0.1) is 0 Å². The lowest BCUT2D eigenvalue weighted by molar-refractivity contribution is -0.156. The molecule has 0 aromatic carbocycles. The zero-order valence-electron chi connectivity index (χ0n) is 9.79. The Morgan fingerprint density at radius 2 is 1.94 bits per heavy atom. The fraction of sp³-hybridized carbons (Fsp3) is 0.800. The van der Waals surface area contributed by atoms with Crippen molar-refractivity contribution in [2.45, 2.75) is 45.3 Å². The van der Waals surface area contributed by atoms with Gasteiger partial charge in [0.1, 0.15) is 11.6 Å². The van der Waals surface area contributed by atoms with Crippen molar-refractivity contribution in [3.05, 3.63) is 0 Å². The van der Waals surface area contributed by atoms with Crippen LogP contribution in [0.3, 0.4) is 0 Å². The second kappa shape index (κ2) is 6.70. The molecule has 0 aliphatic carbocycles. The van der Waals surface area contributed by atoms with E-state index in [1.54, 1.807) is 20.8 Å². The van der Waals surface area contributed by atoms with Gasteiger partial charge in [-0.2, -0.15) is 0 Å². The van der Waals surface area contributed by atoms with Crippen LogP contribution in [0.2, 0.25) is 0 Å². The van der Waals surface area contributed by atoms with E-state index >= 15 is 0 Å². The third kappa shape index (κ3) is 7.48. The minimum Gasteiger partial charge on any atom is -0.459 e. The van der Waals surface area contributed by atoms with Gasteiger partial charge in [-0.1, -0.05) is 11.6 Å². The lowest BCUT2D eigenvalue weighted by Crippen LogP contribution is -2.37. The highest BCUT2D eigenvalue weighted by Gasteiger charge is 2.22. The first kappa shape index (κ1) is 15.2. The zero-order chi connectivity index (χ0) is 12.8. The van der Waals surface area contributed by atoms with Crippen LogP contribution in [-0.4, -0.2) is 29.6 Å². The van der Waals surface area contributed by atoms with Gasteiger partial charge in [0.25, 0.3) is 0 Å². The van der Waals surface area contributed by atoms with E-state index in [4.69, 9.17) is 22.1 Å². The molecule has 0 radical (unpaired) electrons. The molecule has 16 heavy (non-hydrogen) atoms. The summed E-state index contributed by atoms with van der Waals surface area (Å²) < 4.78 is 9.54. The van der Waals surface area contributed by atoms with Crippen LogP contribution in [0, 0.1) is 0 Å². The van der Waals surface area contributed by atoms with Gasteiger partial charge < -0.3 is 15.2 Å². The number of alkyl halides is 1. The van der Waals surface area contributed by atoms with Crippen LogP contribution in [0.15, 0.2) is 0 Å². The van der Waals surface area contributed by atoms with E-state index in [0.717, 1.165) is 0 Å². The smallest absolute Gasteiger partial charge is 0.323 e. The molecule has 0 aliphatic rings. The van der Waals surface area contributed by atoms with Crippen LogP contribution in [0.1, 0.15) is 33.6 Å². The normalized spacial score (nSPS) is 13.1. The van der Waals surface area contributed by atoms with Crippen molar-refractivity contribution in [2.75, 3.05) is 6.07 Å². The molecule has 0 bridgehead atoms. The molecule has 0 heterocycles. The van der Waals surface area contributed by atoms with Gasteiger partial charge in [0.2, 0.25) is 0 Å². The van der Waals surface area contributed by atoms with Crippen molar-refractivity contribution < 1.29 is 19.1 Å². The highest BCUT2D eigenvalue weighted by molar-refractivity contribution is 6.17. The summed E-state index contributed by atoms with van der Waals surface area (Å²) in [6.07, 6.45) is 0.234. The molecule has 0 amide bonds. The first-order valence-corrected chi connectivity index (χ1v) is 5.49. The van der Waals surface area contributed by atoms with Gasteiger partial charge in [0.05, 0.1) is 0 Å². The van der Waals surface area contributed by atoms with Gasteiger partial charge in [-0.3, -0.25) is 9.59 Å². The Labute approximate surface area is 100 Å². The summed E-state index contributed by atoms with van der Waals surface area (Å²) in [5.74, 6) is -1.000. The minimum atomic E-state index is -0.817. The molecule has 0 aliphatic heterocycles. The van der Waals surface area contributed by atoms with E-state index in [1.807, 2.05) is 0 Å². The molecule has 0 rings (SSSR count). The zero-order valence-corrected chi connectivity index (χ0v) is 10.5. The molecule has 0 saturated heterocycles. The molecule has 0 aromatic rings. The van der Waals surface area contributed by atoms with E-state index in [1.165, 1.54) is 0 Å². The molecule has 1 unspecified atom stereocenters. The van der Waals surface area contributed by atoms with E-state index in [9.17, 15) is 9.59 Å². The van der Waals surface area contributed by atoms with Crippen molar-refractivity contribution in [1.82, 2.24) is 0 Å². The Morgan fingerprint density at radius 1 is 1.38 bits per heavy atom. The summed E-state index contributed by atoms with van der Waals surface area (Å²) in [6.45, 7) is 5.25. The molecule has 0 fully saturated rings. The van der Waals surface area contributed by atoms with E-state index in [0.29, 0.717) is 0 Å². The Hall–Kier alpha value is -0.810. The van der Waals surface area contributed by atoms with Crippen molar-refractivity contribution in [3.8, 4) is 0 Å². The minimum absolute atomic E-state index is 0.0487. The first-order chi connectivity index (χ1) is 7.26. The van der Waals surface area contributed by atoms with Crippen molar-refractivity contribution >= 4 is 23.5 Å². The van der Waals surface area contributed by atoms with Crippen LogP contribution < -0.4 is 5.73 Å². The largest absolute Gasteiger partial charge is 0.459 e. The van der Waals surface area contributed by atoms with Gasteiger partial charge in [0.15, 0.2) is 6.07 Å². The number of rotatable bonds is 5. The van der Waals surface area contributed by atoms with Gasteiger partial charge in [0, 0.05) is 6.42 Å². The summed E-state index contributed by atoms with van der Waals surface area (Å²) in [5.41, 5.74) is 4.98. The second-order valence-electron chi connectivity index (χ2n) is 4.30. The molecule has 0 aromatic heterocycles. The Bertz CT molecular complexity index is 250. The molecular formula is C10H18ClNO4. The average Bonchev–Trinajstić information content (AvgIpc) is 2.11. The van der Waals surface area contributed by atoms with Crippen LogP contribution in [0.4, 0.5) is 0 Å². The Morgan fingerprint density at radius 3 is 2.38 bits per heavy atom. The molecule has 94 valence electrons. The van der Waals surface area contributed by atoms with E-state index in [2.05, 4.69) is 4.74 Å². The summed E-state index contributed by atoms with van der Waals surface area (Å²) in [7, 11) is 0. The fourth-order valence-corrected chi connectivity index (χ4v) is 1.02. The molecule has 2 N–H and O–H groups in total. The van der Waals surface area contributed by atoms with Crippen LogP contribution in [0.5, 0.6) is 0 Å². The third-order valence-electron chi connectivity index (χ3n) is 1.58. The SMILES string of the molecule is CC(C)(C)OC(=O)C(N)CCC(=O)OCCl. The van der Waals surface area contributed by atoms with Crippen molar-refractivity contribution in [2.24, 2.45) is 5.73 Å². The van der Waals surface area contributed by atoms with Crippen LogP contribution in [-0.2, 0) is 19.1 Å². The summed E-state index contributed by atoms with van der Waals surface area (Å²) in [5, 5.41) is 0. The lowest BCUT2D eigenvalue weighted by Gasteiger charge is -2.21. The van der Waals surface area contributed by atoms with Crippen LogP contribution >= 0.6 is 11.6 Å². The predicted octanol–water partition coefficient (Wildman–Crippen LogP) is 1.18. The van der Waals surface area contributed by atoms with Gasteiger partial charge in [-0.05, 0) is 27.2 Å². The standard InChI is InChI=1S/C10H18ClNO4/c1-10(2,3)16-9(14)7(12)4-5-8(13)15-6-11/h7H,4-6,12H2,1-3H3. The van der Waals surface area contributed by atoms with Gasteiger partial charge >= 0.3 is 11.9 Å². The number of nitrogens with two attached hydrogens (primary N) is 1. The number of carbonyl (C=O) groups is 2. The molecule has 0 spiro atoms.